The van der Waals surface area contributed by atoms with Gasteiger partial charge in [-0.3, -0.25) is 0 Å². The molecule has 1 aromatic rings. The molecule has 0 N–H and O–H groups in total. The third-order valence-corrected chi connectivity index (χ3v) is 2.16. The van der Waals surface area contributed by atoms with E-state index in [1.807, 2.05) is 23.3 Å². The van der Waals surface area contributed by atoms with Crippen LogP contribution in [0.25, 0.3) is 0 Å². The first-order valence-electron chi connectivity index (χ1n) is 5.56. The fraction of sp³-hybridized carbons (Fsp3) is 0.727. The Kier molecular flexibility index (Phi) is 6.80. The molecule has 1 heterocycles. The van der Waals surface area contributed by atoms with Crippen LogP contribution >= 0.6 is 0 Å². The minimum atomic E-state index is 0.570. The number of methoxy groups -OCH3 is 1. The lowest BCUT2D eigenvalue weighted by atomic mass is 10.7. The van der Waals surface area contributed by atoms with Gasteiger partial charge in [0.05, 0.1) is 33.0 Å². The molecule has 0 bridgehead atoms. The first-order chi connectivity index (χ1) is 7.86. The molecule has 0 radical (unpaired) electrons. The van der Waals surface area contributed by atoms with E-state index in [1.165, 1.54) is 0 Å². The van der Waals surface area contributed by atoms with E-state index in [1.54, 1.807) is 7.11 Å². The van der Waals surface area contributed by atoms with Crippen molar-refractivity contribution < 1.29 is 18.8 Å². The minimum absolute atomic E-state index is 0.570. The van der Waals surface area contributed by atoms with Gasteiger partial charge >= 0.3 is 0 Å². The maximum atomic E-state index is 5.44. The van der Waals surface area contributed by atoms with Gasteiger partial charge in [0.1, 0.15) is 12.4 Å². The maximum Gasteiger partial charge on any atom is 0.245 e. The SMILES string of the molecule is CCn1cc[n+](COCCOCCOC)c1. The summed E-state index contributed by atoms with van der Waals surface area (Å²) in [6, 6.07) is 0. The van der Waals surface area contributed by atoms with Crippen LogP contribution in [0.2, 0.25) is 0 Å². The highest BCUT2D eigenvalue weighted by molar-refractivity contribution is 4.64. The normalized spacial score (nSPS) is 10.9. The number of nitrogens with zero attached hydrogens (tertiary/aromatic N) is 2. The quantitative estimate of drug-likeness (QED) is 0.455. The van der Waals surface area contributed by atoms with Crippen LogP contribution in [0, 0.1) is 0 Å². The number of aryl methyl sites for hydroxylation is 1. The molecule has 1 aromatic heterocycles. The van der Waals surface area contributed by atoms with Crippen LogP contribution in [-0.2, 0) is 27.5 Å². The Bertz CT molecular complexity index is 276. The lowest BCUT2D eigenvalue weighted by Crippen LogP contribution is -2.33. The highest BCUT2D eigenvalue weighted by Crippen LogP contribution is 1.84. The summed E-state index contributed by atoms with van der Waals surface area (Å²) in [6.45, 7) is 6.13. The summed E-state index contributed by atoms with van der Waals surface area (Å²) in [5.74, 6) is 0. The van der Waals surface area contributed by atoms with Crippen LogP contribution in [0.15, 0.2) is 18.7 Å². The molecule has 16 heavy (non-hydrogen) atoms. The standard InChI is InChI=1S/C11H21N2O3/c1-3-12-4-5-13(10-12)11-16-9-8-15-7-6-14-2/h4-5,10H,3,6-9,11H2,1-2H3/q+1. The van der Waals surface area contributed by atoms with Gasteiger partial charge in [-0.15, -0.1) is 0 Å². The molecule has 0 unspecified atom stereocenters. The average Bonchev–Trinajstić information content (AvgIpc) is 2.76. The van der Waals surface area contributed by atoms with E-state index >= 15 is 0 Å². The van der Waals surface area contributed by atoms with Crippen LogP contribution < -0.4 is 4.57 Å². The Balaban J connectivity index is 1.98. The molecule has 0 spiro atoms. The van der Waals surface area contributed by atoms with E-state index in [-0.39, 0.29) is 0 Å². The Morgan fingerprint density at radius 1 is 1.12 bits per heavy atom. The van der Waals surface area contributed by atoms with Crippen molar-refractivity contribution in [3.63, 3.8) is 0 Å². The predicted octanol–water partition coefficient (Wildman–Crippen LogP) is 0.433. The summed E-state index contributed by atoms with van der Waals surface area (Å²) in [4.78, 5) is 0. The minimum Gasteiger partial charge on any atom is -0.382 e. The second-order valence-electron chi connectivity index (χ2n) is 3.40. The first kappa shape index (κ1) is 13.2. The Morgan fingerprint density at radius 2 is 1.88 bits per heavy atom. The number of ether oxygens (including phenoxy) is 3. The van der Waals surface area contributed by atoms with E-state index in [2.05, 4.69) is 11.5 Å². The van der Waals surface area contributed by atoms with Gasteiger partial charge in [-0.25, -0.2) is 9.13 Å². The average molecular weight is 229 g/mol. The summed E-state index contributed by atoms with van der Waals surface area (Å²) in [5, 5.41) is 0. The molecule has 1 rings (SSSR count). The smallest absolute Gasteiger partial charge is 0.245 e. The predicted molar refractivity (Wildman–Crippen MR) is 58.9 cm³/mol. The van der Waals surface area contributed by atoms with Crippen molar-refractivity contribution >= 4 is 0 Å². The van der Waals surface area contributed by atoms with E-state index < -0.39 is 0 Å². The molecular weight excluding hydrogens is 208 g/mol. The van der Waals surface area contributed by atoms with Gasteiger partial charge in [0.2, 0.25) is 6.33 Å². The van der Waals surface area contributed by atoms with Crippen molar-refractivity contribution in [2.75, 3.05) is 33.5 Å². The van der Waals surface area contributed by atoms with E-state index in [9.17, 15) is 0 Å². The third kappa shape index (κ3) is 5.25. The van der Waals surface area contributed by atoms with Gasteiger partial charge in [0, 0.05) is 7.11 Å². The topological polar surface area (TPSA) is 36.5 Å². The highest BCUT2D eigenvalue weighted by atomic mass is 16.5. The molecule has 0 saturated carbocycles. The Morgan fingerprint density at radius 3 is 2.56 bits per heavy atom. The zero-order valence-corrected chi connectivity index (χ0v) is 10.1. The largest absolute Gasteiger partial charge is 0.382 e. The van der Waals surface area contributed by atoms with Gasteiger partial charge in [0.15, 0.2) is 6.73 Å². The molecule has 0 amide bonds. The zero-order chi connectivity index (χ0) is 11.6. The molecule has 0 aliphatic rings. The second kappa shape index (κ2) is 8.27. The van der Waals surface area contributed by atoms with Crippen molar-refractivity contribution in [3.05, 3.63) is 18.7 Å². The molecule has 0 aliphatic heterocycles. The molecule has 0 aliphatic carbocycles. The van der Waals surface area contributed by atoms with E-state index in [4.69, 9.17) is 14.2 Å². The van der Waals surface area contributed by atoms with Crippen molar-refractivity contribution in [2.24, 2.45) is 0 Å². The Hall–Kier alpha value is -0.910. The van der Waals surface area contributed by atoms with Crippen LogP contribution in [0.5, 0.6) is 0 Å². The van der Waals surface area contributed by atoms with E-state index in [0.29, 0.717) is 33.2 Å². The zero-order valence-electron chi connectivity index (χ0n) is 10.1. The van der Waals surface area contributed by atoms with Crippen LogP contribution in [-0.4, -0.2) is 38.1 Å². The van der Waals surface area contributed by atoms with Crippen LogP contribution in [0.3, 0.4) is 0 Å². The lowest BCUT2D eigenvalue weighted by Gasteiger charge is -2.03. The number of aromatic nitrogens is 2. The number of hydrogen-bond donors (Lipinski definition) is 0. The van der Waals surface area contributed by atoms with Crippen molar-refractivity contribution in [2.45, 2.75) is 20.2 Å². The molecule has 0 atom stereocenters. The number of hydrogen-bond acceptors (Lipinski definition) is 3. The summed E-state index contributed by atoms with van der Waals surface area (Å²) in [6.07, 6.45) is 6.04. The van der Waals surface area contributed by atoms with Gasteiger partial charge in [-0.2, -0.15) is 0 Å². The molecule has 0 saturated heterocycles. The fourth-order valence-corrected chi connectivity index (χ4v) is 1.23. The first-order valence-corrected chi connectivity index (χ1v) is 5.56. The molecule has 0 aromatic carbocycles. The Labute approximate surface area is 96.5 Å². The number of imidazole rings is 1. The van der Waals surface area contributed by atoms with Crippen LogP contribution in [0.1, 0.15) is 6.92 Å². The second-order valence-corrected chi connectivity index (χ2v) is 3.40. The summed E-state index contributed by atoms with van der Waals surface area (Å²) < 4.78 is 19.7. The van der Waals surface area contributed by atoms with Crippen molar-refractivity contribution in [3.8, 4) is 0 Å². The molecule has 5 nitrogen and oxygen atoms in total. The monoisotopic (exact) mass is 229 g/mol. The summed E-state index contributed by atoms with van der Waals surface area (Å²) in [5.41, 5.74) is 0. The maximum absolute atomic E-state index is 5.44. The molecular formula is C11H21N2O3+. The summed E-state index contributed by atoms with van der Waals surface area (Å²) >= 11 is 0. The molecule has 0 fully saturated rings. The lowest BCUT2D eigenvalue weighted by molar-refractivity contribution is -0.732. The molecule has 5 heteroatoms. The van der Waals surface area contributed by atoms with Crippen molar-refractivity contribution in [1.82, 2.24) is 4.57 Å². The third-order valence-electron chi connectivity index (χ3n) is 2.16. The van der Waals surface area contributed by atoms with E-state index in [0.717, 1.165) is 6.54 Å². The van der Waals surface area contributed by atoms with Crippen molar-refractivity contribution in [1.29, 1.82) is 0 Å². The van der Waals surface area contributed by atoms with Gasteiger partial charge in [0.25, 0.3) is 0 Å². The van der Waals surface area contributed by atoms with Crippen LogP contribution in [0.4, 0.5) is 0 Å². The fourth-order valence-electron chi connectivity index (χ4n) is 1.23. The van der Waals surface area contributed by atoms with Gasteiger partial charge < -0.3 is 14.2 Å². The number of rotatable bonds is 9. The van der Waals surface area contributed by atoms with Gasteiger partial charge in [-0.1, -0.05) is 0 Å². The van der Waals surface area contributed by atoms with Gasteiger partial charge in [-0.05, 0) is 6.92 Å². The summed E-state index contributed by atoms with van der Waals surface area (Å²) in [7, 11) is 1.66. The highest BCUT2D eigenvalue weighted by Gasteiger charge is 2.00. The molecule has 92 valence electrons.